The number of nitrogens with zero attached hydrogens (tertiary/aromatic N) is 1. The number of rotatable bonds is 3. The van der Waals surface area contributed by atoms with Gasteiger partial charge in [-0.25, -0.2) is 0 Å². The fourth-order valence-corrected chi connectivity index (χ4v) is 2.43. The van der Waals surface area contributed by atoms with Crippen molar-refractivity contribution in [1.29, 1.82) is 0 Å². The van der Waals surface area contributed by atoms with Crippen molar-refractivity contribution in [1.82, 2.24) is 5.32 Å². The van der Waals surface area contributed by atoms with Crippen LogP contribution in [-0.4, -0.2) is 19.0 Å². The van der Waals surface area contributed by atoms with Gasteiger partial charge in [0.25, 0.3) is 0 Å². The van der Waals surface area contributed by atoms with Gasteiger partial charge in [0.05, 0.1) is 5.92 Å². The number of para-hydroxylation sites is 1. The maximum absolute atomic E-state index is 12.2. The Labute approximate surface area is 115 Å². The van der Waals surface area contributed by atoms with Crippen molar-refractivity contribution in [3.05, 3.63) is 42.1 Å². The van der Waals surface area contributed by atoms with E-state index in [1.54, 1.807) is 0 Å². The molecule has 19 heavy (non-hydrogen) atoms. The van der Waals surface area contributed by atoms with Gasteiger partial charge < -0.3 is 10.2 Å². The van der Waals surface area contributed by atoms with Crippen molar-refractivity contribution >= 4 is 11.6 Å². The Morgan fingerprint density at radius 2 is 2.11 bits per heavy atom. The van der Waals surface area contributed by atoms with Gasteiger partial charge in [-0.3, -0.25) is 4.79 Å². The molecular formula is C16H22N2O. The minimum atomic E-state index is 0.0869. The van der Waals surface area contributed by atoms with E-state index in [4.69, 9.17) is 0 Å². The first-order valence-electron chi connectivity index (χ1n) is 6.94. The van der Waals surface area contributed by atoms with Crippen LogP contribution in [-0.2, 0) is 4.79 Å². The number of hydrogen-bond acceptors (Lipinski definition) is 2. The van der Waals surface area contributed by atoms with E-state index in [1.807, 2.05) is 38.1 Å². The van der Waals surface area contributed by atoms with Crippen LogP contribution >= 0.6 is 0 Å². The van der Waals surface area contributed by atoms with E-state index in [9.17, 15) is 4.79 Å². The topological polar surface area (TPSA) is 32.3 Å². The predicted molar refractivity (Wildman–Crippen MR) is 79.0 cm³/mol. The Balaban J connectivity index is 1.99. The first kappa shape index (κ1) is 13.7. The smallest absolute Gasteiger partial charge is 0.229 e. The molecule has 102 valence electrons. The van der Waals surface area contributed by atoms with Crippen LogP contribution in [0.3, 0.4) is 0 Å². The summed E-state index contributed by atoms with van der Waals surface area (Å²) >= 11 is 0. The van der Waals surface area contributed by atoms with Gasteiger partial charge in [-0.15, -0.1) is 0 Å². The summed E-state index contributed by atoms with van der Waals surface area (Å²) in [5.41, 5.74) is 2.14. The zero-order chi connectivity index (χ0) is 13.7. The van der Waals surface area contributed by atoms with Gasteiger partial charge >= 0.3 is 0 Å². The Kier molecular flexibility index (Phi) is 4.61. The average Bonchev–Trinajstić information content (AvgIpc) is 2.48. The molecule has 0 spiro atoms. The summed E-state index contributed by atoms with van der Waals surface area (Å²) in [6.45, 7) is 5.71. The van der Waals surface area contributed by atoms with Crippen molar-refractivity contribution in [2.45, 2.75) is 26.7 Å². The third-order valence-electron chi connectivity index (χ3n) is 3.67. The number of allylic oxidation sites excluding steroid dienone is 2. The molecule has 0 saturated carbocycles. The van der Waals surface area contributed by atoms with Gasteiger partial charge in [-0.1, -0.05) is 24.3 Å². The predicted octanol–water partition coefficient (Wildman–Crippen LogP) is 2.94. The fraction of sp³-hybridized carbons (Fsp3) is 0.438. The number of carbonyl (C=O) groups excluding carboxylic acids is 1. The summed E-state index contributed by atoms with van der Waals surface area (Å²) in [6, 6.07) is 10.3. The van der Waals surface area contributed by atoms with Crippen LogP contribution in [0, 0.1) is 5.92 Å². The molecule has 3 nitrogen and oxygen atoms in total. The molecule has 1 heterocycles. The third kappa shape index (κ3) is 3.60. The minimum absolute atomic E-state index is 0.0869. The van der Waals surface area contributed by atoms with Crippen molar-refractivity contribution < 1.29 is 4.79 Å². The SMILES string of the molecule is C/C=C(\C)NC(=O)[C@H]1CCCN(c2ccccc2)C1. The summed E-state index contributed by atoms with van der Waals surface area (Å²) in [6.07, 6.45) is 3.98. The normalized spacial score (nSPS) is 20.2. The van der Waals surface area contributed by atoms with E-state index >= 15 is 0 Å². The standard InChI is InChI=1S/C16H22N2O/c1-3-13(2)17-16(19)14-8-7-11-18(12-14)15-9-5-4-6-10-15/h3-6,9-10,14H,7-8,11-12H2,1-2H3,(H,17,19)/b13-3+/t14-/m0/s1. The van der Waals surface area contributed by atoms with Crippen LogP contribution in [0.2, 0.25) is 0 Å². The Morgan fingerprint density at radius 3 is 2.79 bits per heavy atom. The molecule has 1 N–H and O–H groups in total. The summed E-state index contributed by atoms with van der Waals surface area (Å²) in [4.78, 5) is 14.5. The molecule has 0 unspecified atom stereocenters. The molecule has 1 fully saturated rings. The molecule has 1 saturated heterocycles. The van der Waals surface area contributed by atoms with Gasteiger partial charge in [0, 0.05) is 24.5 Å². The highest BCUT2D eigenvalue weighted by molar-refractivity contribution is 5.81. The van der Waals surface area contributed by atoms with Crippen LogP contribution in [0.1, 0.15) is 26.7 Å². The van der Waals surface area contributed by atoms with Crippen LogP contribution in [0.25, 0.3) is 0 Å². The second-order valence-electron chi connectivity index (χ2n) is 5.08. The first-order valence-corrected chi connectivity index (χ1v) is 6.94. The van der Waals surface area contributed by atoms with Gasteiger partial charge in [0.2, 0.25) is 5.91 Å². The van der Waals surface area contributed by atoms with E-state index in [1.165, 1.54) is 5.69 Å². The molecule has 1 aliphatic heterocycles. The van der Waals surface area contributed by atoms with E-state index < -0.39 is 0 Å². The highest BCUT2D eigenvalue weighted by Gasteiger charge is 2.25. The molecule has 3 heteroatoms. The quantitative estimate of drug-likeness (QED) is 0.904. The molecule has 0 aliphatic carbocycles. The van der Waals surface area contributed by atoms with E-state index in [-0.39, 0.29) is 11.8 Å². The lowest BCUT2D eigenvalue weighted by molar-refractivity contribution is -0.124. The number of hydrogen-bond donors (Lipinski definition) is 1. The molecule has 0 bridgehead atoms. The summed E-state index contributed by atoms with van der Waals surface area (Å²) < 4.78 is 0. The number of benzene rings is 1. The van der Waals surface area contributed by atoms with Crippen LogP contribution in [0.4, 0.5) is 5.69 Å². The Hall–Kier alpha value is -1.77. The monoisotopic (exact) mass is 258 g/mol. The van der Waals surface area contributed by atoms with Crippen molar-refractivity contribution in [3.63, 3.8) is 0 Å². The number of carbonyl (C=O) groups is 1. The highest BCUT2D eigenvalue weighted by atomic mass is 16.1. The van der Waals surface area contributed by atoms with Crippen molar-refractivity contribution in [3.8, 4) is 0 Å². The van der Waals surface area contributed by atoms with E-state index in [0.29, 0.717) is 0 Å². The van der Waals surface area contributed by atoms with Gasteiger partial charge in [0.15, 0.2) is 0 Å². The molecule has 2 rings (SSSR count). The van der Waals surface area contributed by atoms with Crippen LogP contribution in [0.15, 0.2) is 42.1 Å². The van der Waals surface area contributed by atoms with Gasteiger partial charge in [-0.05, 0) is 38.8 Å². The average molecular weight is 258 g/mol. The second kappa shape index (κ2) is 6.41. The Bertz CT molecular complexity index is 453. The lowest BCUT2D eigenvalue weighted by Crippen LogP contribution is -2.42. The molecule has 1 atom stereocenters. The lowest BCUT2D eigenvalue weighted by atomic mass is 9.96. The third-order valence-corrected chi connectivity index (χ3v) is 3.67. The Morgan fingerprint density at radius 1 is 1.37 bits per heavy atom. The zero-order valence-electron chi connectivity index (χ0n) is 11.7. The largest absolute Gasteiger partial charge is 0.371 e. The van der Waals surface area contributed by atoms with Crippen LogP contribution < -0.4 is 10.2 Å². The minimum Gasteiger partial charge on any atom is -0.371 e. The first-order chi connectivity index (χ1) is 9.20. The van der Waals surface area contributed by atoms with Crippen LogP contribution in [0.5, 0.6) is 0 Å². The lowest BCUT2D eigenvalue weighted by Gasteiger charge is -2.33. The number of amides is 1. The number of piperidine rings is 1. The van der Waals surface area contributed by atoms with Crippen molar-refractivity contribution in [2.75, 3.05) is 18.0 Å². The van der Waals surface area contributed by atoms with Gasteiger partial charge in [-0.2, -0.15) is 0 Å². The number of nitrogens with one attached hydrogen (secondary N) is 1. The maximum Gasteiger partial charge on any atom is 0.229 e. The highest BCUT2D eigenvalue weighted by Crippen LogP contribution is 2.23. The second-order valence-corrected chi connectivity index (χ2v) is 5.08. The maximum atomic E-state index is 12.2. The molecule has 1 aromatic carbocycles. The van der Waals surface area contributed by atoms with Crippen molar-refractivity contribution in [2.24, 2.45) is 5.92 Å². The molecule has 1 amide bonds. The number of anilines is 1. The van der Waals surface area contributed by atoms with E-state index in [0.717, 1.165) is 31.6 Å². The summed E-state index contributed by atoms with van der Waals surface area (Å²) in [5, 5.41) is 2.97. The molecule has 0 aromatic heterocycles. The zero-order valence-corrected chi connectivity index (χ0v) is 11.7. The molecule has 0 radical (unpaired) electrons. The fourth-order valence-electron chi connectivity index (χ4n) is 2.43. The molecule has 1 aliphatic rings. The van der Waals surface area contributed by atoms with E-state index in [2.05, 4.69) is 22.3 Å². The molecule has 1 aromatic rings. The summed E-state index contributed by atoms with van der Waals surface area (Å²) in [7, 11) is 0. The van der Waals surface area contributed by atoms with Gasteiger partial charge in [0.1, 0.15) is 0 Å². The molecular weight excluding hydrogens is 236 g/mol. The summed E-state index contributed by atoms with van der Waals surface area (Å²) in [5.74, 6) is 0.236.